The van der Waals surface area contributed by atoms with Crippen LogP contribution in [0.15, 0.2) is 24.3 Å². The Kier molecular flexibility index (Phi) is 2.68. The summed E-state index contributed by atoms with van der Waals surface area (Å²) in [5, 5.41) is 8.80. The maximum absolute atomic E-state index is 11.9. The molecule has 1 saturated heterocycles. The van der Waals surface area contributed by atoms with Gasteiger partial charge in [0.1, 0.15) is 0 Å². The number of carbonyl (C=O) groups excluding carboxylic acids is 2. The highest BCUT2D eigenvalue weighted by molar-refractivity contribution is 6.21. The largest absolute Gasteiger partial charge is 0.274 e. The number of nitrogens with zero attached hydrogens (tertiary/aromatic N) is 2. The zero-order valence-corrected chi connectivity index (χ0v) is 9.68. The van der Waals surface area contributed by atoms with E-state index in [2.05, 4.69) is 0 Å². The molecular weight excluding hydrogens is 216 g/mol. The molecule has 4 heteroatoms. The molecule has 86 valence electrons. The van der Waals surface area contributed by atoms with Crippen LogP contribution >= 0.6 is 0 Å². The Bertz CT molecular complexity index is 510. The van der Waals surface area contributed by atoms with Gasteiger partial charge in [-0.05, 0) is 18.2 Å². The van der Waals surface area contributed by atoms with Crippen molar-refractivity contribution in [2.75, 3.05) is 4.90 Å². The van der Waals surface area contributed by atoms with Crippen LogP contribution in [0.3, 0.4) is 0 Å². The predicted molar refractivity (Wildman–Crippen MR) is 62.0 cm³/mol. The van der Waals surface area contributed by atoms with Crippen LogP contribution in [0, 0.1) is 23.2 Å². The van der Waals surface area contributed by atoms with Gasteiger partial charge in [0.25, 0.3) is 0 Å². The molecule has 0 aromatic heterocycles. The topological polar surface area (TPSA) is 61.2 Å². The van der Waals surface area contributed by atoms with E-state index in [0.717, 1.165) is 0 Å². The van der Waals surface area contributed by atoms with Crippen molar-refractivity contribution in [3.8, 4) is 6.07 Å². The van der Waals surface area contributed by atoms with Crippen molar-refractivity contribution >= 4 is 17.5 Å². The van der Waals surface area contributed by atoms with E-state index in [9.17, 15) is 9.59 Å². The molecular formula is C13H12N2O2. The monoisotopic (exact) mass is 228 g/mol. The Hall–Kier alpha value is -2.15. The molecule has 1 fully saturated rings. The minimum Gasteiger partial charge on any atom is -0.274 e. The van der Waals surface area contributed by atoms with Crippen molar-refractivity contribution in [2.45, 2.75) is 13.8 Å². The number of carbonyl (C=O) groups is 2. The van der Waals surface area contributed by atoms with Crippen molar-refractivity contribution in [2.24, 2.45) is 11.8 Å². The third-order valence-corrected chi connectivity index (χ3v) is 3.20. The van der Waals surface area contributed by atoms with Gasteiger partial charge in [-0.3, -0.25) is 14.5 Å². The van der Waals surface area contributed by atoms with E-state index >= 15 is 0 Å². The number of anilines is 1. The van der Waals surface area contributed by atoms with Gasteiger partial charge in [0.2, 0.25) is 11.8 Å². The van der Waals surface area contributed by atoms with Crippen LogP contribution < -0.4 is 4.90 Å². The van der Waals surface area contributed by atoms with E-state index in [4.69, 9.17) is 5.26 Å². The maximum atomic E-state index is 11.9. The Morgan fingerprint density at radius 2 is 1.76 bits per heavy atom. The molecule has 1 aromatic rings. The molecule has 2 atom stereocenters. The summed E-state index contributed by atoms with van der Waals surface area (Å²) < 4.78 is 0. The number of imide groups is 1. The van der Waals surface area contributed by atoms with Crippen LogP contribution in [-0.2, 0) is 9.59 Å². The van der Waals surface area contributed by atoms with Crippen molar-refractivity contribution in [1.82, 2.24) is 0 Å². The summed E-state index contributed by atoms with van der Waals surface area (Å²) in [5.74, 6) is -0.989. The van der Waals surface area contributed by atoms with Gasteiger partial charge in [-0.15, -0.1) is 0 Å². The molecule has 0 radical (unpaired) electrons. The van der Waals surface area contributed by atoms with Gasteiger partial charge < -0.3 is 0 Å². The first-order valence-corrected chi connectivity index (χ1v) is 5.44. The van der Waals surface area contributed by atoms with Gasteiger partial charge in [0, 0.05) is 11.8 Å². The van der Waals surface area contributed by atoms with Crippen LogP contribution in [-0.4, -0.2) is 11.8 Å². The standard InChI is InChI=1S/C13H12N2O2/c1-8-9(2)13(17)15(12(8)16)11-5-3-4-10(6-11)7-14/h3-6,8-9H,1-2H3. The molecule has 1 aromatic carbocycles. The smallest absolute Gasteiger partial charge is 0.237 e. The lowest BCUT2D eigenvalue weighted by molar-refractivity contribution is -0.122. The number of benzene rings is 1. The number of nitriles is 1. The fourth-order valence-corrected chi connectivity index (χ4v) is 1.91. The number of amides is 2. The van der Waals surface area contributed by atoms with Gasteiger partial charge in [-0.25, -0.2) is 0 Å². The molecule has 1 aliphatic rings. The summed E-state index contributed by atoms with van der Waals surface area (Å²) in [6.45, 7) is 3.50. The highest BCUT2D eigenvalue weighted by Gasteiger charge is 2.42. The number of hydrogen-bond donors (Lipinski definition) is 0. The summed E-state index contributed by atoms with van der Waals surface area (Å²) >= 11 is 0. The van der Waals surface area contributed by atoms with Crippen LogP contribution in [0.2, 0.25) is 0 Å². The molecule has 17 heavy (non-hydrogen) atoms. The lowest BCUT2D eigenvalue weighted by atomic mass is 10.00. The summed E-state index contributed by atoms with van der Waals surface area (Å²) in [4.78, 5) is 25.1. The Morgan fingerprint density at radius 3 is 2.29 bits per heavy atom. The first-order valence-electron chi connectivity index (χ1n) is 5.44. The number of hydrogen-bond acceptors (Lipinski definition) is 3. The SMILES string of the molecule is CC1C(=O)N(c2cccc(C#N)c2)C(=O)C1C. The quantitative estimate of drug-likeness (QED) is 0.687. The van der Waals surface area contributed by atoms with E-state index in [1.807, 2.05) is 6.07 Å². The molecule has 2 amide bonds. The summed E-state index contributed by atoms with van der Waals surface area (Å²) in [6.07, 6.45) is 0. The molecule has 1 heterocycles. The Morgan fingerprint density at radius 1 is 1.18 bits per heavy atom. The highest BCUT2D eigenvalue weighted by Crippen LogP contribution is 2.30. The lowest BCUT2D eigenvalue weighted by Gasteiger charge is -2.14. The normalized spacial score (nSPS) is 23.9. The molecule has 0 N–H and O–H groups in total. The Labute approximate surface area is 99.5 Å². The van der Waals surface area contributed by atoms with Crippen molar-refractivity contribution in [3.05, 3.63) is 29.8 Å². The van der Waals surface area contributed by atoms with E-state index in [0.29, 0.717) is 11.3 Å². The van der Waals surface area contributed by atoms with Gasteiger partial charge in [-0.1, -0.05) is 19.9 Å². The number of rotatable bonds is 1. The molecule has 2 rings (SSSR count). The van der Waals surface area contributed by atoms with E-state index in [-0.39, 0.29) is 23.7 Å². The highest BCUT2D eigenvalue weighted by atomic mass is 16.2. The van der Waals surface area contributed by atoms with Crippen LogP contribution in [0.5, 0.6) is 0 Å². The molecule has 0 bridgehead atoms. The second kappa shape index (κ2) is 4.02. The summed E-state index contributed by atoms with van der Waals surface area (Å²) in [5.41, 5.74) is 0.922. The van der Waals surface area contributed by atoms with Gasteiger partial charge in [-0.2, -0.15) is 5.26 Å². The molecule has 0 aliphatic carbocycles. The lowest BCUT2D eigenvalue weighted by Crippen LogP contribution is -2.30. The van der Waals surface area contributed by atoms with Crippen molar-refractivity contribution < 1.29 is 9.59 Å². The third kappa shape index (κ3) is 1.70. The Balaban J connectivity index is 2.44. The third-order valence-electron chi connectivity index (χ3n) is 3.20. The fourth-order valence-electron chi connectivity index (χ4n) is 1.91. The van der Waals surface area contributed by atoms with Gasteiger partial charge >= 0.3 is 0 Å². The fraction of sp³-hybridized carbons (Fsp3) is 0.308. The first kappa shape index (κ1) is 11.3. The van der Waals surface area contributed by atoms with Crippen LogP contribution in [0.25, 0.3) is 0 Å². The molecule has 0 saturated carbocycles. The van der Waals surface area contributed by atoms with Crippen LogP contribution in [0.4, 0.5) is 5.69 Å². The van der Waals surface area contributed by atoms with Crippen molar-refractivity contribution in [1.29, 1.82) is 5.26 Å². The zero-order valence-electron chi connectivity index (χ0n) is 9.68. The average molecular weight is 228 g/mol. The predicted octanol–water partition coefficient (Wildman–Crippen LogP) is 1.70. The second-order valence-corrected chi connectivity index (χ2v) is 4.25. The van der Waals surface area contributed by atoms with Gasteiger partial charge in [0.15, 0.2) is 0 Å². The first-order chi connectivity index (χ1) is 8.06. The van der Waals surface area contributed by atoms with Crippen LogP contribution in [0.1, 0.15) is 19.4 Å². The summed E-state index contributed by atoms with van der Waals surface area (Å²) in [6, 6.07) is 8.53. The minimum absolute atomic E-state index is 0.197. The molecule has 4 nitrogen and oxygen atoms in total. The van der Waals surface area contributed by atoms with Gasteiger partial charge in [0.05, 0.1) is 17.3 Å². The molecule has 0 spiro atoms. The molecule has 2 unspecified atom stereocenters. The van der Waals surface area contributed by atoms with E-state index in [1.54, 1.807) is 38.1 Å². The second-order valence-electron chi connectivity index (χ2n) is 4.25. The molecule has 1 aliphatic heterocycles. The van der Waals surface area contributed by atoms with Crippen molar-refractivity contribution in [3.63, 3.8) is 0 Å². The maximum Gasteiger partial charge on any atom is 0.237 e. The minimum atomic E-state index is -0.298. The average Bonchev–Trinajstić information content (AvgIpc) is 2.54. The zero-order chi connectivity index (χ0) is 12.6. The van der Waals surface area contributed by atoms with E-state index in [1.165, 1.54) is 4.90 Å². The summed E-state index contributed by atoms with van der Waals surface area (Å²) in [7, 11) is 0. The van der Waals surface area contributed by atoms with E-state index < -0.39 is 0 Å².